The highest BCUT2D eigenvalue weighted by Gasteiger charge is 2.29. The molecule has 0 aliphatic rings. The number of anilines is 1. The molecule has 4 heteroatoms. The molecule has 0 bridgehead atoms. The molecule has 0 aliphatic heterocycles. The van der Waals surface area contributed by atoms with Crippen LogP contribution in [0.4, 0.5) is 5.69 Å². The maximum Gasteiger partial charge on any atom is 0.196 e. The fraction of sp³-hybridized carbons (Fsp3) is 0.235. The molecule has 0 fully saturated rings. The number of aliphatic hydroxyl groups is 1. The van der Waals surface area contributed by atoms with Gasteiger partial charge in [-0.2, -0.15) is 0 Å². The molecule has 21 heavy (non-hydrogen) atoms. The molecule has 2 unspecified atom stereocenters. The van der Waals surface area contributed by atoms with Gasteiger partial charge in [-0.25, -0.2) is 0 Å². The third kappa shape index (κ3) is 3.48. The summed E-state index contributed by atoms with van der Waals surface area (Å²) in [6.45, 7) is 2.22. The SMILES string of the molecule is CCOC(c1ccccc1)C(O)C(=O)c1ccccc1N. The first kappa shape index (κ1) is 15.2. The lowest BCUT2D eigenvalue weighted by molar-refractivity contribution is -0.0231. The third-order valence-corrected chi connectivity index (χ3v) is 3.26. The van der Waals surface area contributed by atoms with Gasteiger partial charge in [0.25, 0.3) is 0 Å². The Morgan fingerprint density at radius 3 is 2.38 bits per heavy atom. The van der Waals surface area contributed by atoms with Crippen molar-refractivity contribution in [3.8, 4) is 0 Å². The van der Waals surface area contributed by atoms with E-state index in [4.69, 9.17) is 10.5 Å². The van der Waals surface area contributed by atoms with Crippen molar-refractivity contribution < 1.29 is 14.6 Å². The number of nitrogens with two attached hydrogens (primary N) is 1. The van der Waals surface area contributed by atoms with Gasteiger partial charge in [-0.3, -0.25) is 4.79 Å². The van der Waals surface area contributed by atoms with E-state index in [1.165, 1.54) is 0 Å². The predicted molar refractivity (Wildman–Crippen MR) is 82.0 cm³/mol. The molecule has 110 valence electrons. The second kappa shape index (κ2) is 7.02. The lowest BCUT2D eigenvalue weighted by Gasteiger charge is -2.22. The van der Waals surface area contributed by atoms with Crippen molar-refractivity contribution in [2.45, 2.75) is 19.1 Å². The van der Waals surface area contributed by atoms with Crippen molar-refractivity contribution in [1.29, 1.82) is 0 Å². The Hall–Kier alpha value is -2.17. The lowest BCUT2D eigenvalue weighted by Crippen LogP contribution is -2.30. The number of benzene rings is 2. The monoisotopic (exact) mass is 285 g/mol. The molecule has 3 N–H and O–H groups in total. The van der Waals surface area contributed by atoms with E-state index in [2.05, 4.69) is 0 Å². The molecular formula is C17H19NO3. The van der Waals surface area contributed by atoms with Crippen LogP contribution >= 0.6 is 0 Å². The van der Waals surface area contributed by atoms with Gasteiger partial charge >= 0.3 is 0 Å². The van der Waals surface area contributed by atoms with Gasteiger partial charge in [-0.15, -0.1) is 0 Å². The first-order valence-corrected chi connectivity index (χ1v) is 6.88. The van der Waals surface area contributed by atoms with Crippen LogP contribution < -0.4 is 5.73 Å². The van der Waals surface area contributed by atoms with Gasteiger partial charge in [-0.05, 0) is 24.6 Å². The Labute approximate surface area is 124 Å². The molecule has 0 aromatic heterocycles. The van der Waals surface area contributed by atoms with Gasteiger partial charge < -0.3 is 15.6 Å². The molecule has 0 saturated heterocycles. The highest BCUT2D eigenvalue weighted by atomic mass is 16.5. The Morgan fingerprint density at radius 2 is 1.76 bits per heavy atom. The Kier molecular flexibility index (Phi) is 5.09. The van der Waals surface area contributed by atoms with Crippen LogP contribution in [0.25, 0.3) is 0 Å². The van der Waals surface area contributed by atoms with E-state index >= 15 is 0 Å². The first-order valence-electron chi connectivity index (χ1n) is 6.88. The smallest absolute Gasteiger partial charge is 0.196 e. The zero-order valence-corrected chi connectivity index (χ0v) is 11.9. The fourth-order valence-corrected chi connectivity index (χ4v) is 2.21. The maximum absolute atomic E-state index is 12.4. The molecule has 2 aromatic carbocycles. The van der Waals surface area contributed by atoms with Crippen LogP contribution in [0.3, 0.4) is 0 Å². The summed E-state index contributed by atoms with van der Waals surface area (Å²) in [4.78, 5) is 12.4. The Morgan fingerprint density at radius 1 is 1.14 bits per heavy atom. The molecule has 2 rings (SSSR count). The van der Waals surface area contributed by atoms with E-state index < -0.39 is 18.0 Å². The second-order valence-electron chi connectivity index (χ2n) is 4.68. The number of hydrogen-bond acceptors (Lipinski definition) is 4. The second-order valence-corrected chi connectivity index (χ2v) is 4.68. The Balaban J connectivity index is 2.29. The highest BCUT2D eigenvalue weighted by Crippen LogP contribution is 2.25. The summed E-state index contributed by atoms with van der Waals surface area (Å²) in [6, 6.07) is 15.9. The number of hydrogen-bond donors (Lipinski definition) is 2. The summed E-state index contributed by atoms with van der Waals surface area (Å²) in [6.07, 6.45) is -2.00. The Bertz CT molecular complexity index is 598. The molecule has 0 radical (unpaired) electrons. The van der Waals surface area contributed by atoms with Gasteiger partial charge in [0, 0.05) is 17.9 Å². The van der Waals surface area contributed by atoms with Crippen molar-refractivity contribution in [3.63, 3.8) is 0 Å². The molecule has 0 aliphatic carbocycles. The maximum atomic E-state index is 12.4. The number of rotatable bonds is 6. The van der Waals surface area contributed by atoms with Crippen LogP contribution in [0.5, 0.6) is 0 Å². The van der Waals surface area contributed by atoms with Crippen molar-refractivity contribution in [2.24, 2.45) is 0 Å². The van der Waals surface area contributed by atoms with E-state index in [1.54, 1.807) is 24.3 Å². The van der Waals surface area contributed by atoms with Crippen LogP contribution in [0.15, 0.2) is 54.6 Å². The topological polar surface area (TPSA) is 72.5 Å². The predicted octanol–water partition coefficient (Wildman–Crippen LogP) is 2.59. The minimum atomic E-state index is -1.29. The average Bonchev–Trinajstić information content (AvgIpc) is 2.52. The van der Waals surface area contributed by atoms with Crippen LogP contribution in [0.1, 0.15) is 28.9 Å². The summed E-state index contributed by atoms with van der Waals surface area (Å²) in [5.74, 6) is -0.435. The molecule has 0 spiro atoms. The van der Waals surface area contributed by atoms with Crippen LogP contribution in [-0.2, 0) is 4.74 Å². The molecule has 2 atom stereocenters. The molecule has 0 amide bonds. The summed E-state index contributed by atoms with van der Waals surface area (Å²) >= 11 is 0. The summed E-state index contributed by atoms with van der Waals surface area (Å²) in [7, 11) is 0. The summed E-state index contributed by atoms with van der Waals surface area (Å²) in [5, 5.41) is 10.4. The van der Waals surface area contributed by atoms with Crippen LogP contribution in [0, 0.1) is 0 Å². The van der Waals surface area contributed by atoms with E-state index in [1.807, 2.05) is 37.3 Å². The zero-order valence-electron chi connectivity index (χ0n) is 11.9. The van der Waals surface area contributed by atoms with E-state index in [-0.39, 0.29) is 0 Å². The normalized spacial score (nSPS) is 13.6. The number of Topliss-reactive ketones (excluding diaryl/α,β-unsaturated/α-hetero) is 1. The van der Waals surface area contributed by atoms with Crippen molar-refractivity contribution in [1.82, 2.24) is 0 Å². The standard InChI is InChI=1S/C17H19NO3/c1-2-21-17(12-8-4-3-5-9-12)16(20)15(19)13-10-6-7-11-14(13)18/h3-11,16-17,20H,2,18H2,1H3. The summed E-state index contributed by atoms with van der Waals surface area (Å²) < 4.78 is 5.56. The van der Waals surface area contributed by atoms with Gasteiger partial charge in [0.15, 0.2) is 5.78 Å². The minimum absolute atomic E-state index is 0.311. The van der Waals surface area contributed by atoms with Crippen molar-refractivity contribution >= 4 is 11.5 Å². The number of aliphatic hydroxyl groups excluding tert-OH is 1. The fourth-order valence-electron chi connectivity index (χ4n) is 2.21. The van der Waals surface area contributed by atoms with Crippen molar-refractivity contribution in [3.05, 3.63) is 65.7 Å². The van der Waals surface area contributed by atoms with Gasteiger partial charge in [-0.1, -0.05) is 42.5 Å². The van der Waals surface area contributed by atoms with Gasteiger partial charge in [0.05, 0.1) is 0 Å². The van der Waals surface area contributed by atoms with Gasteiger partial charge in [0.1, 0.15) is 12.2 Å². The third-order valence-electron chi connectivity index (χ3n) is 3.26. The first-order chi connectivity index (χ1) is 10.1. The number of carbonyl (C=O) groups excluding carboxylic acids is 1. The quantitative estimate of drug-likeness (QED) is 0.632. The van der Waals surface area contributed by atoms with E-state index in [9.17, 15) is 9.90 Å². The number of para-hydroxylation sites is 1. The number of ether oxygens (including phenoxy) is 1. The molecule has 0 saturated carbocycles. The zero-order chi connectivity index (χ0) is 15.2. The lowest BCUT2D eigenvalue weighted by atomic mass is 9.96. The van der Waals surface area contributed by atoms with E-state index in [0.29, 0.717) is 17.9 Å². The number of nitrogen functional groups attached to an aromatic ring is 1. The highest BCUT2D eigenvalue weighted by molar-refractivity contribution is 6.03. The molecule has 0 heterocycles. The van der Waals surface area contributed by atoms with Crippen LogP contribution in [-0.4, -0.2) is 23.6 Å². The van der Waals surface area contributed by atoms with Crippen molar-refractivity contribution in [2.75, 3.05) is 12.3 Å². The average molecular weight is 285 g/mol. The van der Waals surface area contributed by atoms with Gasteiger partial charge in [0.2, 0.25) is 0 Å². The largest absolute Gasteiger partial charge is 0.398 e. The minimum Gasteiger partial charge on any atom is -0.398 e. The number of carbonyl (C=O) groups is 1. The van der Waals surface area contributed by atoms with E-state index in [0.717, 1.165) is 5.56 Å². The molecule has 2 aromatic rings. The number of ketones is 1. The van der Waals surface area contributed by atoms with Crippen LogP contribution in [0.2, 0.25) is 0 Å². The summed E-state index contributed by atoms with van der Waals surface area (Å²) in [5.41, 5.74) is 7.22. The molecule has 4 nitrogen and oxygen atoms in total. The molecular weight excluding hydrogens is 266 g/mol.